The van der Waals surface area contributed by atoms with Gasteiger partial charge in [-0.25, -0.2) is 4.98 Å². The third-order valence-corrected chi connectivity index (χ3v) is 4.48. The first kappa shape index (κ1) is 9.93. The van der Waals surface area contributed by atoms with Crippen LogP contribution < -0.4 is 4.74 Å². The third-order valence-electron chi connectivity index (χ3n) is 3.31. The quantitative estimate of drug-likeness (QED) is 0.832. The molecule has 0 aromatic carbocycles. The Morgan fingerprint density at radius 3 is 2.64 bits per heavy atom. The maximum atomic E-state index is 9.47. The molecule has 1 aliphatic carbocycles. The third kappa shape index (κ3) is 1.17. The van der Waals surface area contributed by atoms with Crippen molar-refractivity contribution in [2.75, 3.05) is 13.7 Å². The van der Waals surface area contributed by atoms with Crippen LogP contribution in [-0.2, 0) is 5.41 Å². The number of nitrogens with zero attached hydrogens (tertiary/aromatic N) is 1. The molecule has 78 valence electrons. The zero-order valence-corrected chi connectivity index (χ0v) is 9.52. The van der Waals surface area contributed by atoms with Gasteiger partial charge in [-0.05, 0) is 11.8 Å². The molecule has 4 heteroatoms. The summed E-state index contributed by atoms with van der Waals surface area (Å²) in [6.45, 7) is 4.55. The standard InChI is InChI=1S/C10H15NO2S/c1-9(2)5-10(9,6-12)7-4-11-8(13-3)14-7/h4,12H,5-6H2,1-3H3. The van der Waals surface area contributed by atoms with Gasteiger partial charge in [0.2, 0.25) is 0 Å². The molecule has 0 saturated heterocycles. The maximum absolute atomic E-state index is 9.47. The number of methoxy groups -OCH3 is 1. The highest BCUT2D eigenvalue weighted by Gasteiger charge is 2.62. The summed E-state index contributed by atoms with van der Waals surface area (Å²) in [5.74, 6) is 0. The normalized spacial score (nSPS) is 28.9. The number of thiazole rings is 1. The van der Waals surface area contributed by atoms with E-state index in [9.17, 15) is 5.11 Å². The average molecular weight is 213 g/mol. The van der Waals surface area contributed by atoms with Gasteiger partial charge in [0.1, 0.15) is 0 Å². The summed E-state index contributed by atoms with van der Waals surface area (Å²) >= 11 is 1.54. The van der Waals surface area contributed by atoms with E-state index >= 15 is 0 Å². The summed E-state index contributed by atoms with van der Waals surface area (Å²) in [7, 11) is 1.62. The van der Waals surface area contributed by atoms with Crippen LogP contribution in [0, 0.1) is 5.41 Å². The Labute approximate surface area is 87.7 Å². The van der Waals surface area contributed by atoms with Gasteiger partial charge in [-0.1, -0.05) is 25.2 Å². The predicted molar refractivity (Wildman–Crippen MR) is 55.8 cm³/mol. The van der Waals surface area contributed by atoms with Crippen molar-refractivity contribution < 1.29 is 9.84 Å². The van der Waals surface area contributed by atoms with Crippen molar-refractivity contribution in [1.82, 2.24) is 4.98 Å². The van der Waals surface area contributed by atoms with E-state index in [4.69, 9.17) is 4.74 Å². The van der Waals surface area contributed by atoms with E-state index in [-0.39, 0.29) is 17.4 Å². The van der Waals surface area contributed by atoms with Crippen molar-refractivity contribution >= 4 is 11.3 Å². The summed E-state index contributed by atoms with van der Waals surface area (Å²) in [5, 5.41) is 10.1. The number of hydrogen-bond donors (Lipinski definition) is 1. The van der Waals surface area contributed by atoms with Crippen LogP contribution in [0.25, 0.3) is 0 Å². The van der Waals surface area contributed by atoms with Gasteiger partial charge in [-0.2, -0.15) is 0 Å². The molecular formula is C10H15NO2S. The van der Waals surface area contributed by atoms with Crippen LogP contribution in [0.4, 0.5) is 0 Å². The number of rotatable bonds is 3. The second-order valence-corrected chi connectivity index (χ2v) is 5.49. The van der Waals surface area contributed by atoms with E-state index in [2.05, 4.69) is 18.8 Å². The monoisotopic (exact) mass is 213 g/mol. The minimum atomic E-state index is -0.0680. The van der Waals surface area contributed by atoms with Crippen LogP contribution in [0.5, 0.6) is 5.19 Å². The van der Waals surface area contributed by atoms with Gasteiger partial charge in [-0.15, -0.1) is 0 Å². The molecule has 14 heavy (non-hydrogen) atoms. The van der Waals surface area contributed by atoms with Gasteiger partial charge in [0.05, 0.1) is 13.7 Å². The zero-order chi connectivity index (χ0) is 10.4. The average Bonchev–Trinajstić information content (AvgIpc) is 2.57. The van der Waals surface area contributed by atoms with Crippen molar-refractivity contribution in [3.05, 3.63) is 11.1 Å². The van der Waals surface area contributed by atoms with E-state index in [0.717, 1.165) is 11.3 Å². The molecule has 2 rings (SSSR count). The number of aliphatic hydroxyl groups is 1. The molecule has 1 aromatic heterocycles. The van der Waals surface area contributed by atoms with Gasteiger partial charge < -0.3 is 9.84 Å². The fraction of sp³-hybridized carbons (Fsp3) is 0.700. The molecule has 0 amide bonds. The predicted octanol–water partition coefficient (Wildman–Crippen LogP) is 1.81. The van der Waals surface area contributed by atoms with E-state index in [1.165, 1.54) is 11.3 Å². The lowest BCUT2D eigenvalue weighted by atomic mass is 9.96. The van der Waals surface area contributed by atoms with Crippen molar-refractivity contribution in [3.8, 4) is 5.19 Å². The number of ether oxygens (including phenoxy) is 1. The van der Waals surface area contributed by atoms with Crippen LogP contribution in [0.1, 0.15) is 25.1 Å². The summed E-state index contributed by atoms with van der Waals surface area (Å²) in [6, 6.07) is 0. The first-order chi connectivity index (χ1) is 6.55. The van der Waals surface area contributed by atoms with Gasteiger partial charge >= 0.3 is 0 Å². The van der Waals surface area contributed by atoms with Gasteiger partial charge in [0.25, 0.3) is 5.19 Å². The first-order valence-electron chi connectivity index (χ1n) is 4.67. The largest absolute Gasteiger partial charge is 0.473 e. The Morgan fingerprint density at radius 2 is 2.29 bits per heavy atom. The van der Waals surface area contributed by atoms with Crippen LogP contribution in [0.15, 0.2) is 6.20 Å². The van der Waals surface area contributed by atoms with Crippen molar-refractivity contribution in [1.29, 1.82) is 0 Å². The van der Waals surface area contributed by atoms with Crippen molar-refractivity contribution in [2.24, 2.45) is 5.41 Å². The van der Waals surface area contributed by atoms with Crippen molar-refractivity contribution in [3.63, 3.8) is 0 Å². The van der Waals surface area contributed by atoms with Crippen LogP contribution in [0.3, 0.4) is 0 Å². The molecule has 0 bridgehead atoms. The molecule has 1 aliphatic rings. The highest BCUT2D eigenvalue weighted by molar-refractivity contribution is 7.13. The summed E-state index contributed by atoms with van der Waals surface area (Å²) in [4.78, 5) is 5.28. The lowest BCUT2D eigenvalue weighted by molar-refractivity contribution is 0.233. The zero-order valence-electron chi connectivity index (χ0n) is 8.70. The van der Waals surface area contributed by atoms with Gasteiger partial charge in [-0.3, -0.25) is 0 Å². The molecule has 1 saturated carbocycles. The highest BCUT2D eigenvalue weighted by Crippen LogP contribution is 2.65. The Kier molecular flexibility index (Phi) is 2.08. The topological polar surface area (TPSA) is 42.4 Å². The second kappa shape index (κ2) is 2.94. The molecule has 1 heterocycles. The Morgan fingerprint density at radius 1 is 1.64 bits per heavy atom. The Balaban J connectivity index is 2.31. The van der Waals surface area contributed by atoms with E-state index in [0.29, 0.717) is 5.19 Å². The molecule has 1 unspecified atom stereocenters. The number of aliphatic hydroxyl groups excluding tert-OH is 1. The molecule has 1 aromatic rings. The van der Waals surface area contributed by atoms with Crippen LogP contribution in [-0.4, -0.2) is 23.8 Å². The summed E-state index contributed by atoms with van der Waals surface area (Å²) in [5.41, 5.74) is 0.126. The minimum absolute atomic E-state index is 0.0680. The lowest BCUT2D eigenvalue weighted by Crippen LogP contribution is -2.17. The van der Waals surface area contributed by atoms with E-state index < -0.39 is 0 Å². The van der Waals surface area contributed by atoms with E-state index in [1.54, 1.807) is 7.11 Å². The Bertz CT molecular complexity index is 348. The fourth-order valence-electron chi connectivity index (χ4n) is 2.05. The molecule has 0 aliphatic heterocycles. The Hall–Kier alpha value is -0.610. The second-order valence-electron chi connectivity index (χ2n) is 4.50. The molecule has 0 radical (unpaired) electrons. The molecular weight excluding hydrogens is 198 g/mol. The van der Waals surface area contributed by atoms with Crippen molar-refractivity contribution in [2.45, 2.75) is 25.7 Å². The fourth-order valence-corrected chi connectivity index (χ4v) is 3.14. The molecule has 3 nitrogen and oxygen atoms in total. The highest BCUT2D eigenvalue weighted by atomic mass is 32.1. The molecule has 1 fully saturated rings. The van der Waals surface area contributed by atoms with Crippen LogP contribution >= 0.6 is 11.3 Å². The van der Waals surface area contributed by atoms with Crippen LogP contribution in [0.2, 0.25) is 0 Å². The van der Waals surface area contributed by atoms with Gasteiger partial charge in [0.15, 0.2) is 0 Å². The maximum Gasteiger partial charge on any atom is 0.273 e. The lowest BCUT2D eigenvalue weighted by Gasteiger charge is -2.14. The number of aromatic nitrogens is 1. The molecule has 1 atom stereocenters. The summed E-state index contributed by atoms with van der Waals surface area (Å²) in [6.07, 6.45) is 2.86. The molecule has 1 N–H and O–H groups in total. The first-order valence-corrected chi connectivity index (χ1v) is 5.48. The smallest absolute Gasteiger partial charge is 0.273 e. The number of hydrogen-bond acceptors (Lipinski definition) is 4. The minimum Gasteiger partial charge on any atom is -0.473 e. The van der Waals surface area contributed by atoms with E-state index in [1.807, 2.05) is 6.20 Å². The summed E-state index contributed by atoms with van der Waals surface area (Å²) < 4.78 is 5.06. The SMILES string of the molecule is COc1ncc(C2(CO)CC2(C)C)s1. The van der Waals surface area contributed by atoms with Gasteiger partial charge in [0, 0.05) is 16.5 Å². The molecule has 0 spiro atoms.